The van der Waals surface area contributed by atoms with E-state index in [0.29, 0.717) is 23.9 Å². The SMILES string of the molecule is C#CCCC(CCC)c1c(Br)[nH]c2nc(C(=O)OCC)ccc12. The van der Waals surface area contributed by atoms with E-state index >= 15 is 0 Å². The summed E-state index contributed by atoms with van der Waals surface area (Å²) in [5.41, 5.74) is 2.20. The van der Waals surface area contributed by atoms with E-state index in [1.165, 1.54) is 5.56 Å². The highest BCUT2D eigenvalue weighted by Crippen LogP contribution is 2.37. The number of carbonyl (C=O) groups excluding carboxylic acids is 1. The lowest BCUT2D eigenvalue weighted by molar-refractivity contribution is 0.0520. The summed E-state index contributed by atoms with van der Waals surface area (Å²) in [4.78, 5) is 19.4. The second kappa shape index (κ2) is 8.16. The first kappa shape index (κ1) is 17.6. The Hall–Kier alpha value is -1.80. The highest BCUT2D eigenvalue weighted by molar-refractivity contribution is 9.10. The van der Waals surface area contributed by atoms with Gasteiger partial charge in [-0.25, -0.2) is 9.78 Å². The lowest BCUT2D eigenvalue weighted by Crippen LogP contribution is -2.06. The molecule has 2 heterocycles. The summed E-state index contributed by atoms with van der Waals surface area (Å²) in [7, 11) is 0. The topological polar surface area (TPSA) is 55.0 Å². The van der Waals surface area contributed by atoms with Gasteiger partial charge in [0.25, 0.3) is 0 Å². The molecule has 0 amide bonds. The molecule has 0 aliphatic rings. The third-order valence-corrected chi connectivity index (χ3v) is 4.44. The van der Waals surface area contributed by atoms with Gasteiger partial charge in [-0.15, -0.1) is 12.3 Å². The average Bonchev–Trinajstić information content (AvgIpc) is 2.86. The van der Waals surface area contributed by atoms with Crippen molar-refractivity contribution in [2.75, 3.05) is 6.61 Å². The Labute approximate surface area is 145 Å². The number of H-pyrrole nitrogens is 1. The van der Waals surface area contributed by atoms with Crippen molar-refractivity contribution in [3.63, 3.8) is 0 Å². The minimum absolute atomic E-state index is 0.315. The van der Waals surface area contributed by atoms with Gasteiger partial charge >= 0.3 is 5.97 Å². The number of terminal acetylenes is 1. The third-order valence-electron chi connectivity index (χ3n) is 3.82. The fraction of sp³-hybridized carbons (Fsp3) is 0.444. The van der Waals surface area contributed by atoms with E-state index in [2.05, 4.69) is 38.7 Å². The molecule has 1 N–H and O–H groups in total. The zero-order valence-electron chi connectivity index (χ0n) is 13.5. The maximum Gasteiger partial charge on any atom is 0.356 e. The van der Waals surface area contributed by atoms with Crippen LogP contribution < -0.4 is 0 Å². The number of nitrogens with one attached hydrogen (secondary N) is 1. The van der Waals surface area contributed by atoms with Crippen molar-refractivity contribution < 1.29 is 9.53 Å². The minimum Gasteiger partial charge on any atom is -0.461 e. The summed E-state index contributed by atoms with van der Waals surface area (Å²) in [6.45, 7) is 4.28. The van der Waals surface area contributed by atoms with Crippen molar-refractivity contribution in [2.24, 2.45) is 0 Å². The van der Waals surface area contributed by atoms with Crippen LogP contribution in [0.15, 0.2) is 16.7 Å². The second-order valence-electron chi connectivity index (χ2n) is 5.39. The van der Waals surface area contributed by atoms with Gasteiger partial charge in [0.05, 0.1) is 11.2 Å². The Bertz CT molecular complexity index is 730. The van der Waals surface area contributed by atoms with Crippen LogP contribution in [-0.2, 0) is 4.74 Å². The Morgan fingerprint density at radius 3 is 2.87 bits per heavy atom. The van der Waals surface area contributed by atoms with E-state index in [1.807, 2.05) is 6.07 Å². The van der Waals surface area contributed by atoms with Crippen molar-refractivity contribution in [3.05, 3.63) is 28.0 Å². The molecule has 1 unspecified atom stereocenters. The lowest BCUT2D eigenvalue weighted by Gasteiger charge is -2.15. The number of nitrogens with zero attached hydrogens (tertiary/aromatic N) is 1. The predicted molar refractivity (Wildman–Crippen MR) is 95.5 cm³/mol. The third kappa shape index (κ3) is 3.94. The number of halogens is 1. The number of pyridine rings is 1. The summed E-state index contributed by atoms with van der Waals surface area (Å²) in [5, 5.41) is 1.03. The van der Waals surface area contributed by atoms with Crippen LogP contribution in [-0.4, -0.2) is 22.5 Å². The summed E-state index contributed by atoms with van der Waals surface area (Å²) < 4.78 is 5.92. The Kier molecular flexibility index (Phi) is 6.23. The zero-order valence-corrected chi connectivity index (χ0v) is 15.1. The minimum atomic E-state index is -0.404. The molecule has 0 radical (unpaired) electrons. The molecule has 0 aliphatic heterocycles. The molecule has 0 aromatic carbocycles. The van der Waals surface area contributed by atoms with E-state index in [4.69, 9.17) is 11.2 Å². The first-order valence-corrected chi connectivity index (χ1v) is 8.70. The van der Waals surface area contributed by atoms with Crippen LogP contribution in [0.2, 0.25) is 0 Å². The number of rotatable bonds is 7. The summed E-state index contributed by atoms with van der Waals surface area (Å²) in [6, 6.07) is 3.65. The Balaban J connectivity index is 2.42. The smallest absolute Gasteiger partial charge is 0.356 e. The molecule has 0 spiro atoms. The average molecular weight is 377 g/mol. The number of carbonyl (C=O) groups is 1. The quantitative estimate of drug-likeness (QED) is 0.557. The van der Waals surface area contributed by atoms with Gasteiger partial charge in [0.1, 0.15) is 5.65 Å². The van der Waals surface area contributed by atoms with Crippen molar-refractivity contribution in [2.45, 2.75) is 45.4 Å². The van der Waals surface area contributed by atoms with Crippen LogP contribution in [0.25, 0.3) is 11.0 Å². The number of esters is 1. The molecule has 2 rings (SSSR count). The van der Waals surface area contributed by atoms with Crippen molar-refractivity contribution >= 4 is 32.9 Å². The summed E-state index contributed by atoms with van der Waals surface area (Å²) >= 11 is 3.60. The van der Waals surface area contributed by atoms with Gasteiger partial charge in [-0.1, -0.05) is 13.3 Å². The molecule has 1 atom stereocenters. The van der Waals surface area contributed by atoms with Crippen molar-refractivity contribution in [1.82, 2.24) is 9.97 Å². The first-order chi connectivity index (χ1) is 11.1. The zero-order chi connectivity index (χ0) is 16.8. The Morgan fingerprint density at radius 1 is 1.43 bits per heavy atom. The standard InChI is InChI=1S/C18H21BrN2O2/c1-4-7-9-12(8-5-2)15-13-10-11-14(18(22)23-6-3)20-17(13)21-16(15)19/h1,10-12H,5-9H2,2-3H3,(H,20,21). The first-order valence-electron chi connectivity index (χ1n) is 7.91. The summed E-state index contributed by atoms with van der Waals surface area (Å²) in [6.07, 6.45) is 9.26. The number of ether oxygens (including phenoxy) is 1. The molecule has 0 saturated carbocycles. The van der Waals surface area contributed by atoms with Crippen molar-refractivity contribution in [1.29, 1.82) is 0 Å². The van der Waals surface area contributed by atoms with Crippen LogP contribution in [0.1, 0.15) is 61.5 Å². The summed E-state index contributed by atoms with van der Waals surface area (Å²) in [5.74, 6) is 2.69. The van der Waals surface area contributed by atoms with E-state index < -0.39 is 5.97 Å². The number of hydrogen-bond donors (Lipinski definition) is 1. The number of aromatic amines is 1. The largest absolute Gasteiger partial charge is 0.461 e. The highest BCUT2D eigenvalue weighted by atomic mass is 79.9. The fourth-order valence-electron chi connectivity index (χ4n) is 2.82. The molecular formula is C18H21BrN2O2. The Morgan fingerprint density at radius 2 is 2.22 bits per heavy atom. The van der Waals surface area contributed by atoms with E-state index in [-0.39, 0.29) is 0 Å². The maximum absolute atomic E-state index is 11.8. The number of hydrogen-bond acceptors (Lipinski definition) is 3. The fourth-order valence-corrected chi connectivity index (χ4v) is 3.54. The number of aromatic nitrogens is 2. The monoisotopic (exact) mass is 376 g/mol. The van der Waals surface area contributed by atoms with E-state index in [9.17, 15) is 4.79 Å². The van der Waals surface area contributed by atoms with E-state index in [0.717, 1.165) is 35.7 Å². The molecule has 23 heavy (non-hydrogen) atoms. The second-order valence-corrected chi connectivity index (χ2v) is 6.19. The molecule has 5 heteroatoms. The molecule has 2 aromatic heterocycles. The van der Waals surface area contributed by atoms with Gasteiger partial charge in [0.2, 0.25) is 0 Å². The van der Waals surface area contributed by atoms with Crippen molar-refractivity contribution in [3.8, 4) is 12.3 Å². The molecule has 122 valence electrons. The van der Waals surface area contributed by atoms with Crippen LogP contribution in [0.4, 0.5) is 0 Å². The molecule has 4 nitrogen and oxygen atoms in total. The molecular weight excluding hydrogens is 356 g/mol. The molecule has 0 aliphatic carbocycles. The van der Waals surface area contributed by atoms with Gasteiger partial charge < -0.3 is 9.72 Å². The molecule has 0 saturated heterocycles. The van der Waals surface area contributed by atoms with Gasteiger partial charge in [-0.05, 0) is 59.3 Å². The predicted octanol–water partition coefficient (Wildman–Crippen LogP) is 4.80. The van der Waals surface area contributed by atoms with Crippen LogP contribution in [0.5, 0.6) is 0 Å². The highest BCUT2D eigenvalue weighted by Gasteiger charge is 2.21. The lowest BCUT2D eigenvalue weighted by atomic mass is 9.90. The number of fused-ring (bicyclic) bond motifs is 1. The van der Waals surface area contributed by atoms with Crippen LogP contribution in [0, 0.1) is 12.3 Å². The van der Waals surface area contributed by atoms with Gasteiger partial charge in [0, 0.05) is 11.8 Å². The van der Waals surface area contributed by atoms with Crippen LogP contribution in [0.3, 0.4) is 0 Å². The van der Waals surface area contributed by atoms with Gasteiger partial charge in [-0.2, -0.15) is 0 Å². The molecule has 2 aromatic rings. The van der Waals surface area contributed by atoms with Gasteiger partial charge in [0.15, 0.2) is 5.69 Å². The van der Waals surface area contributed by atoms with Crippen LogP contribution >= 0.6 is 15.9 Å². The maximum atomic E-state index is 11.8. The van der Waals surface area contributed by atoms with E-state index in [1.54, 1.807) is 13.0 Å². The molecule has 0 bridgehead atoms. The van der Waals surface area contributed by atoms with Gasteiger partial charge in [-0.3, -0.25) is 0 Å². The normalized spacial score (nSPS) is 12.1. The molecule has 0 fully saturated rings.